The molecule has 6 nitrogen and oxygen atoms in total. The molecule has 1 atom stereocenters. The summed E-state index contributed by atoms with van der Waals surface area (Å²) >= 11 is 0. The van der Waals surface area contributed by atoms with Crippen LogP contribution in [0.15, 0.2) is 53.5 Å². The van der Waals surface area contributed by atoms with Crippen molar-refractivity contribution in [3.63, 3.8) is 0 Å². The lowest BCUT2D eigenvalue weighted by Gasteiger charge is -2.26. The first-order valence-electron chi connectivity index (χ1n) is 10.2. The van der Waals surface area contributed by atoms with E-state index in [0.717, 1.165) is 6.26 Å². The number of benzene rings is 2. The predicted octanol–water partition coefficient (Wildman–Crippen LogP) is 3.99. The summed E-state index contributed by atoms with van der Waals surface area (Å²) in [6, 6.07) is 11.3. The van der Waals surface area contributed by atoms with Gasteiger partial charge in [-0.05, 0) is 54.6 Å². The Morgan fingerprint density at radius 3 is 2.47 bits per heavy atom. The Morgan fingerprint density at radius 2 is 1.88 bits per heavy atom. The SMILES string of the molecule is CCC(=O)[C@@](C)(CCn1ccc2cc(-c3ccc(OC)cc3F)ccc2c1=O)S(C)(=O)=O. The van der Waals surface area contributed by atoms with Crippen LogP contribution in [0.2, 0.25) is 0 Å². The molecule has 0 spiro atoms. The van der Waals surface area contributed by atoms with Gasteiger partial charge in [0.2, 0.25) is 0 Å². The Morgan fingerprint density at radius 1 is 1.16 bits per heavy atom. The van der Waals surface area contributed by atoms with Crippen molar-refractivity contribution in [3.05, 3.63) is 64.8 Å². The first-order valence-corrected chi connectivity index (χ1v) is 12.1. The summed E-state index contributed by atoms with van der Waals surface area (Å²) in [5.74, 6) is -0.393. The van der Waals surface area contributed by atoms with Crippen LogP contribution in [0, 0.1) is 5.82 Å². The largest absolute Gasteiger partial charge is 0.497 e. The van der Waals surface area contributed by atoms with Crippen molar-refractivity contribution >= 4 is 26.4 Å². The van der Waals surface area contributed by atoms with Gasteiger partial charge in [0.05, 0.1) is 7.11 Å². The molecule has 3 rings (SSSR count). The summed E-state index contributed by atoms with van der Waals surface area (Å²) in [5.41, 5.74) is 0.705. The van der Waals surface area contributed by atoms with Gasteiger partial charge in [-0.1, -0.05) is 13.0 Å². The number of hydrogen-bond acceptors (Lipinski definition) is 5. The van der Waals surface area contributed by atoms with Gasteiger partial charge in [0.1, 0.15) is 16.3 Å². The maximum absolute atomic E-state index is 14.4. The Kier molecular flexibility index (Phi) is 6.55. The number of sulfone groups is 1. The second-order valence-corrected chi connectivity index (χ2v) is 10.4. The first-order chi connectivity index (χ1) is 15.0. The molecule has 0 unspecified atom stereocenters. The van der Waals surface area contributed by atoms with Crippen LogP contribution in [-0.4, -0.2) is 36.9 Å². The number of aromatic nitrogens is 1. The Balaban J connectivity index is 1.95. The van der Waals surface area contributed by atoms with E-state index in [-0.39, 0.29) is 30.7 Å². The number of methoxy groups -OCH3 is 1. The Bertz CT molecular complexity index is 1350. The summed E-state index contributed by atoms with van der Waals surface area (Å²) < 4.78 is 43.9. The molecule has 1 aromatic heterocycles. The van der Waals surface area contributed by atoms with Gasteiger partial charge in [-0.2, -0.15) is 0 Å². The molecule has 2 aromatic carbocycles. The minimum absolute atomic E-state index is 0.000929. The van der Waals surface area contributed by atoms with Crippen molar-refractivity contribution in [1.29, 1.82) is 0 Å². The number of carbonyl (C=O) groups excluding carboxylic acids is 1. The molecule has 170 valence electrons. The monoisotopic (exact) mass is 459 g/mol. The lowest BCUT2D eigenvalue weighted by atomic mass is 9.99. The molecule has 0 N–H and O–H groups in total. The average molecular weight is 460 g/mol. The fourth-order valence-electron chi connectivity index (χ4n) is 3.73. The summed E-state index contributed by atoms with van der Waals surface area (Å²) in [7, 11) is -2.19. The van der Waals surface area contributed by atoms with Crippen LogP contribution in [-0.2, 0) is 21.2 Å². The van der Waals surface area contributed by atoms with E-state index >= 15 is 0 Å². The van der Waals surface area contributed by atoms with Gasteiger partial charge in [-0.15, -0.1) is 0 Å². The van der Waals surface area contributed by atoms with Gasteiger partial charge in [-0.3, -0.25) is 9.59 Å². The molecule has 32 heavy (non-hydrogen) atoms. The van der Waals surface area contributed by atoms with E-state index in [4.69, 9.17) is 4.74 Å². The molecular weight excluding hydrogens is 433 g/mol. The molecule has 0 aliphatic heterocycles. The minimum Gasteiger partial charge on any atom is -0.497 e. The van der Waals surface area contributed by atoms with Crippen molar-refractivity contribution in [3.8, 4) is 16.9 Å². The van der Waals surface area contributed by atoms with Crippen LogP contribution in [0.25, 0.3) is 21.9 Å². The number of ketones is 1. The lowest BCUT2D eigenvalue weighted by Crippen LogP contribution is -2.44. The molecule has 0 fully saturated rings. The summed E-state index contributed by atoms with van der Waals surface area (Å²) in [6.07, 6.45) is 2.71. The third kappa shape index (κ3) is 4.32. The molecule has 0 saturated carbocycles. The molecule has 8 heteroatoms. The van der Waals surface area contributed by atoms with Crippen LogP contribution >= 0.6 is 0 Å². The standard InChI is InChI=1S/C24H26FNO5S/c1-5-22(27)24(2,32(4,29)30)11-13-26-12-10-17-14-16(6-8-20(17)23(26)28)19-9-7-18(31-3)15-21(19)25/h6-10,12,14-15H,5,11,13H2,1-4H3/t24-/m1/s1. The summed E-state index contributed by atoms with van der Waals surface area (Å²) in [4.78, 5) is 25.3. The second-order valence-electron chi connectivity index (χ2n) is 7.99. The Labute approximate surface area is 186 Å². The van der Waals surface area contributed by atoms with Gasteiger partial charge < -0.3 is 9.30 Å². The van der Waals surface area contributed by atoms with Crippen molar-refractivity contribution in [2.75, 3.05) is 13.4 Å². The zero-order valence-electron chi connectivity index (χ0n) is 18.5. The number of ether oxygens (including phenoxy) is 1. The van der Waals surface area contributed by atoms with E-state index in [0.29, 0.717) is 27.6 Å². The van der Waals surface area contributed by atoms with E-state index in [1.807, 2.05) is 0 Å². The number of rotatable bonds is 8. The van der Waals surface area contributed by atoms with Crippen molar-refractivity contribution in [1.82, 2.24) is 4.57 Å². The van der Waals surface area contributed by atoms with Gasteiger partial charge in [0.15, 0.2) is 15.6 Å². The second kappa shape index (κ2) is 8.86. The number of fused-ring (bicyclic) bond motifs is 1. The number of Topliss-reactive ketones (excluding diaryl/α,β-unsaturated/α-hetero) is 1. The number of nitrogens with zero attached hydrogens (tertiary/aromatic N) is 1. The molecule has 0 amide bonds. The van der Waals surface area contributed by atoms with Gasteiger partial charge >= 0.3 is 0 Å². The average Bonchev–Trinajstić information content (AvgIpc) is 2.76. The maximum Gasteiger partial charge on any atom is 0.258 e. The van der Waals surface area contributed by atoms with E-state index < -0.39 is 20.4 Å². The quantitative estimate of drug-likeness (QED) is 0.509. The van der Waals surface area contributed by atoms with Crippen molar-refractivity contribution in [2.24, 2.45) is 0 Å². The fraction of sp³-hybridized carbons (Fsp3) is 0.333. The molecule has 0 bridgehead atoms. The molecule has 0 radical (unpaired) electrons. The highest BCUT2D eigenvalue weighted by Crippen LogP contribution is 2.29. The third-order valence-corrected chi connectivity index (χ3v) is 8.09. The van der Waals surface area contributed by atoms with Crippen LogP contribution < -0.4 is 10.3 Å². The minimum atomic E-state index is -3.66. The molecule has 0 aliphatic carbocycles. The highest BCUT2D eigenvalue weighted by Gasteiger charge is 2.41. The van der Waals surface area contributed by atoms with Crippen LogP contribution in [0.4, 0.5) is 4.39 Å². The third-order valence-electron chi connectivity index (χ3n) is 6.02. The van der Waals surface area contributed by atoms with E-state index in [1.165, 1.54) is 24.7 Å². The molecule has 0 saturated heterocycles. The van der Waals surface area contributed by atoms with E-state index in [9.17, 15) is 22.4 Å². The van der Waals surface area contributed by atoms with Gasteiger partial charge in [0.25, 0.3) is 5.56 Å². The normalized spacial score (nSPS) is 13.7. The predicted molar refractivity (Wildman–Crippen MR) is 123 cm³/mol. The maximum atomic E-state index is 14.4. The summed E-state index contributed by atoms with van der Waals surface area (Å²) in [6.45, 7) is 3.12. The highest BCUT2D eigenvalue weighted by atomic mass is 32.2. The van der Waals surface area contributed by atoms with Crippen LogP contribution in [0.1, 0.15) is 26.7 Å². The highest BCUT2D eigenvalue weighted by molar-refractivity contribution is 7.92. The molecule has 1 heterocycles. The molecule has 3 aromatic rings. The summed E-state index contributed by atoms with van der Waals surface area (Å²) in [5, 5.41) is 1.06. The van der Waals surface area contributed by atoms with E-state index in [1.54, 1.807) is 49.5 Å². The van der Waals surface area contributed by atoms with Crippen LogP contribution in [0.5, 0.6) is 5.75 Å². The number of aryl methyl sites for hydroxylation is 1. The topological polar surface area (TPSA) is 82.4 Å². The van der Waals surface area contributed by atoms with Gasteiger partial charge in [0, 0.05) is 42.4 Å². The van der Waals surface area contributed by atoms with Crippen molar-refractivity contribution < 1.29 is 22.3 Å². The zero-order valence-corrected chi connectivity index (χ0v) is 19.3. The first kappa shape index (κ1) is 23.7. The van der Waals surface area contributed by atoms with Crippen LogP contribution in [0.3, 0.4) is 0 Å². The molecule has 0 aliphatic rings. The number of pyridine rings is 1. The van der Waals surface area contributed by atoms with E-state index in [2.05, 4.69) is 0 Å². The van der Waals surface area contributed by atoms with Crippen molar-refractivity contribution in [2.45, 2.75) is 38.0 Å². The van der Waals surface area contributed by atoms with Gasteiger partial charge in [-0.25, -0.2) is 12.8 Å². The smallest absolute Gasteiger partial charge is 0.258 e. The number of hydrogen-bond donors (Lipinski definition) is 0. The number of halogens is 1. The lowest BCUT2D eigenvalue weighted by molar-refractivity contribution is -0.121. The fourth-order valence-corrected chi connectivity index (χ4v) is 4.75. The number of carbonyl (C=O) groups is 1. The Hall–Kier alpha value is -3.00. The zero-order chi connectivity index (χ0) is 23.7. The molecular formula is C24H26FNO5S.